The summed E-state index contributed by atoms with van der Waals surface area (Å²) in [6.07, 6.45) is 3.36. The molecule has 0 saturated heterocycles. The monoisotopic (exact) mass is 243 g/mol. The van der Waals surface area contributed by atoms with Crippen molar-refractivity contribution in [1.82, 2.24) is 5.32 Å². The Morgan fingerprint density at radius 3 is 2.35 bits per heavy atom. The maximum Gasteiger partial charge on any atom is 0.0612 e. The first-order valence-electron chi connectivity index (χ1n) is 6.85. The van der Waals surface area contributed by atoms with Crippen LogP contribution in [0.2, 0.25) is 0 Å². The van der Waals surface area contributed by atoms with Crippen LogP contribution in [0.3, 0.4) is 0 Å². The van der Waals surface area contributed by atoms with Crippen LogP contribution in [0.5, 0.6) is 0 Å². The van der Waals surface area contributed by atoms with Crippen LogP contribution >= 0.6 is 0 Å². The van der Waals surface area contributed by atoms with Crippen molar-refractivity contribution < 1.29 is 9.84 Å². The molecular formula is C14H29NO2. The second kappa shape index (κ2) is 6.17. The Hall–Kier alpha value is -0.120. The van der Waals surface area contributed by atoms with E-state index in [0.717, 1.165) is 25.8 Å². The van der Waals surface area contributed by atoms with Gasteiger partial charge in [-0.3, -0.25) is 0 Å². The van der Waals surface area contributed by atoms with Gasteiger partial charge in [0.15, 0.2) is 0 Å². The van der Waals surface area contributed by atoms with E-state index in [9.17, 15) is 5.11 Å². The lowest BCUT2D eigenvalue weighted by Gasteiger charge is -2.40. The summed E-state index contributed by atoms with van der Waals surface area (Å²) in [4.78, 5) is 0. The Balaban J connectivity index is 2.06. The van der Waals surface area contributed by atoms with Crippen LogP contribution < -0.4 is 5.32 Å². The predicted molar refractivity (Wildman–Crippen MR) is 71.1 cm³/mol. The highest BCUT2D eigenvalue weighted by Crippen LogP contribution is 2.27. The highest BCUT2D eigenvalue weighted by atomic mass is 16.5. The molecular weight excluding hydrogens is 214 g/mol. The van der Waals surface area contributed by atoms with Crippen molar-refractivity contribution in [2.24, 2.45) is 5.92 Å². The fraction of sp³-hybridized carbons (Fsp3) is 1.00. The molecule has 0 aliphatic heterocycles. The summed E-state index contributed by atoms with van der Waals surface area (Å²) in [7, 11) is 0. The maximum atomic E-state index is 9.28. The summed E-state index contributed by atoms with van der Waals surface area (Å²) < 4.78 is 5.90. The number of ether oxygens (including phenoxy) is 1. The maximum absolute atomic E-state index is 9.28. The minimum absolute atomic E-state index is 0.0186. The largest absolute Gasteiger partial charge is 0.393 e. The average molecular weight is 243 g/mol. The molecule has 1 saturated carbocycles. The molecule has 3 heteroatoms. The van der Waals surface area contributed by atoms with Gasteiger partial charge in [0.05, 0.1) is 17.8 Å². The molecule has 0 aromatic rings. The van der Waals surface area contributed by atoms with Crippen molar-refractivity contribution in [2.75, 3.05) is 6.54 Å². The molecule has 1 rings (SSSR count). The normalized spacial score (nSPS) is 28.6. The summed E-state index contributed by atoms with van der Waals surface area (Å²) in [5.41, 5.74) is -0.0186. The van der Waals surface area contributed by atoms with Crippen LogP contribution in [0.15, 0.2) is 0 Å². The van der Waals surface area contributed by atoms with Gasteiger partial charge in [-0.1, -0.05) is 6.92 Å². The molecule has 0 aromatic heterocycles. The molecule has 1 aliphatic carbocycles. The van der Waals surface area contributed by atoms with Gasteiger partial charge in [0.25, 0.3) is 0 Å². The second-order valence-electron chi connectivity index (χ2n) is 6.62. The summed E-state index contributed by atoms with van der Waals surface area (Å²) in [5.74, 6) is 0.539. The SMILES string of the molecule is CC(O)CC(C)CNC1CC(OC(C)(C)C)C1. The van der Waals surface area contributed by atoms with Gasteiger partial charge in [0.1, 0.15) is 0 Å². The second-order valence-corrected chi connectivity index (χ2v) is 6.62. The van der Waals surface area contributed by atoms with E-state index in [1.54, 1.807) is 0 Å². The number of hydrogen-bond acceptors (Lipinski definition) is 3. The fourth-order valence-electron chi connectivity index (χ4n) is 2.36. The van der Waals surface area contributed by atoms with E-state index >= 15 is 0 Å². The van der Waals surface area contributed by atoms with Crippen LogP contribution in [0.1, 0.15) is 53.9 Å². The Bertz CT molecular complexity index is 217. The molecule has 1 fully saturated rings. The van der Waals surface area contributed by atoms with Crippen LogP contribution in [-0.2, 0) is 4.74 Å². The molecule has 0 heterocycles. The van der Waals surface area contributed by atoms with E-state index in [1.807, 2.05) is 6.92 Å². The Morgan fingerprint density at radius 2 is 1.88 bits per heavy atom. The van der Waals surface area contributed by atoms with Crippen LogP contribution in [0.4, 0.5) is 0 Å². The first-order valence-corrected chi connectivity index (χ1v) is 6.85. The predicted octanol–water partition coefficient (Wildman–Crippen LogP) is 2.33. The van der Waals surface area contributed by atoms with Crippen molar-refractivity contribution in [1.29, 1.82) is 0 Å². The number of aliphatic hydroxyl groups is 1. The molecule has 1 aliphatic rings. The van der Waals surface area contributed by atoms with E-state index < -0.39 is 0 Å². The third-order valence-electron chi connectivity index (χ3n) is 3.11. The Kier molecular flexibility index (Phi) is 5.42. The third-order valence-corrected chi connectivity index (χ3v) is 3.11. The van der Waals surface area contributed by atoms with Gasteiger partial charge in [0.2, 0.25) is 0 Å². The zero-order valence-electron chi connectivity index (χ0n) is 12.0. The molecule has 102 valence electrons. The zero-order chi connectivity index (χ0) is 13.1. The minimum atomic E-state index is -0.190. The first-order chi connectivity index (χ1) is 7.76. The van der Waals surface area contributed by atoms with Crippen LogP contribution in [0, 0.1) is 5.92 Å². The number of hydrogen-bond donors (Lipinski definition) is 2. The van der Waals surface area contributed by atoms with Crippen molar-refractivity contribution in [3.8, 4) is 0 Å². The molecule has 2 unspecified atom stereocenters. The van der Waals surface area contributed by atoms with E-state index in [4.69, 9.17) is 4.74 Å². The van der Waals surface area contributed by atoms with Gasteiger partial charge in [-0.25, -0.2) is 0 Å². The summed E-state index contributed by atoms with van der Waals surface area (Å²) in [6, 6.07) is 0.610. The quantitative estimate of drug-likeness (QED) is 0.752. The third kappa shape index (κ3) is 6.39. The van der Waals surface area contributed by atoms with Crippen LogP contribution in [-0.4, -0.2) is 35.5 Å². The Labute approximate surface area is 106 Å². The fourth-order valence-corrected chi connectivity index (χ4v) is 2.36. The van der Waals surface area contributed by atoms with E-state index in [0.29, 0.717) is 18.1 Å². The van der Waals surface area contributed by atoms with Gasteiger partial charge in [-0.2, -0.15) is 0 Å². The molecule has 0 bridgehead atoms. The molecule has 3 nitrogen and oxygen atoms in total. The lowest BCUT2D eigenvalue weighted by atomic mass is 9.88. The van der Waals surface area contributed by atoms with Gasteiger partial charge >= 0.3 is 0 Å². The molecule has 2 N–H and O–H groups in total. The van der Waals surface area contributed by atoms with E-state index in [1.165, 1.54) is 0 Å². The molecule has 0 spiro atoms. The Morgan fingerprint density at radius 1 is 1.29 bits per heavy atom. The zero-order valence-corrected chi connectivity index (χ0v) is 12.0. The highest BCUT2D eigenvalue weighted by Gasteiger charge is 2.32. The summed E-state index contributed by atoms with van der Waals surface area (Å²) >= 11 is 0. The smallest absolute Gasteiger partial charge is 0.0612 e. The molecule has 2 atom stereocenters. The number of nitrogens with one attached hydrogen (secondary N) is 1. The lowest BCUT2D eigenvalue weighted by molar-refractivity contribution is -0.102. The average Bonchev–Trinajstić information content (AvgIpc) is 2.05. The van der Waals surface area contributed by atoms with Gasteiger partial charge < -0.3 is 15.2 Å². The minimum Gasteiger partial charge on any atom is -0.393 e. The lowest BCUT2D eigenvalue weighted by Crippen LogP contribution is -2.48. The van der Waals surface area contributed by atoms with Crippen molar-refractivity contribution in [3.63, 3.8) is 0 Å². The van der Waals surface area contributed by atoms with Gasteiger partial charge in [0, 0.05) is 6.04 Å². The molecule has 0 aromatic carbocycles. The first kappa shape index (κ1) is 14.9. The van der Waals surface area contributed by atoms with Gasteiger partial charge in [-0.15, -0.1) is 0 Å². The molecule has 0 amide bonds. The van der Waals surface area contributed by atoms with E-state index in [2.05, 4.69) is 33.0 Å². The molecule has 17 heavy (non-hydrogen) atoms. The van der Waals surface area contributed by atoms with Crippen molar-refractivity contribution >= 4 is 0 Å². The van der Waals surface area contributed by atoms with Crippen molar-refractivity contribution in [2.45, 2.75) is 77.7 Å². The molecule has 0 radical (unpaired) electrons. The standard InChI is InChI=1S/C14H29NO2/c1-10(6-11(2)16)9-15-12-7-13(8-12)17-14(3,4)5/h10-13,15-16H,6-9H2,1-5H3. The highest BCUT2D eigenvalue weighted by molar-refractivity contribution is 4.87. The number of aliphatic hydroxyl groups excluding tert-OH is 1. The summed E-state index contributed by atoms with van der Waals surface area (Å²) in [5, 5.41) is 12.8. The number of rotatable bonds is 6. The van der Waals surface area contributed by atoms with E-state index in [-0.39, 0.29) is 11.7 Å². The van der Waals surface area contributed by atoms with Crippen LogP contribution in [0.25, 0.3) is 0 Å². The summed E-state index contributed by atoms with van der Waals surface area (Å²) in [6.45, 7) is 11.4. The topological polar surface area (TPSA) is 41.5 Å². The van der Waals surface area contributed by atoms with Crippen molar-refractivity contribution in [3.05, 3.63) is 0 Å². The van der Waals surface area contributed by atoms with Gasteiger partial charge in [-0.05, 0) is 59.4 Å².